The molecule has 1 amide bonds. The minimum absolute atomic E-state index is 0.113. The Labute approximate surface area is 197 Å². The molecule has 0 N–H and O–H groups in total. The van der Waals surface area contributed by atoms with Crippen molar-refractivity contribution in [3.05, 3.63) is 53.9 Å². The van der Waals surface area contributed by atoms with Crippen LogP contribution in [0.4, 0.5) is 23.9 Å². The molecule has 10 heteroatoms. The zero-order valence-electron chi connectivity index (χ0n) is 19.4. The molecule has 2 aliphatic rings. The number of piperidine rings is 1. The second-order valence-corrected chi connectivity index (χ2v) is 9.12. The van der Waals surface area contributed by atoms with Crippen LogP contribution in [0.1, 0.15) is 37.8 Å². The molecule has 34 heavy (non-hydrogen) atoms. The molecule has 1 aromatic heterocycles. The first-order valence-electron chi connectivity index (χ1n) is 11.6. The van der Waals surface area contributed by atoms with E-state index in [1.54, 1.807) is 4.90 Å². The standard InChI is InChI=1S/C24H30F3N5O2/c1-17-15-32(18(2)14-31(17)22-28-12-20(13-29-22)24(25,26)27)23(33)34-21-8-10-30(11-9-21)16-19-6-4-3-5-7-19/h3-7,12-13,17-18,21H,8-11,14-16H2,1-2H3/t17-,18+/m0/s1. The summed E-state index contributed by atoms with van der Waals surface area (Å²) in [6.45, 7) is 7.23. The Hall–Kier alpha value is -2.88. The predicted molar refractivity (Wildman–Crippen MR) is 121 cm³/mol. The number of benzene rings is 1. The number of likely N-dealkylation sites (tertiary alicyclic amines) is 1. The molecule has 0 spiro atoms. The summed E-state index contributed by atoms with van der Waals surface area (Å²) in [6.07, 6.45) is -1.75. The van der Waals surface area contributed by atoms with Gasteiger partial charge in [-0.3, -0.25) is 4.90 Å². The Balaban J connectivity index is 1.28. The lowest BCUT2D eigenvalue weighted by Crippen LogP contribution is -2.59. The number of piperazine rings is 1. The first kappa shape index (κ1) is 24.3. The van der Waals surface area contributed by atoms with Crippen LogP contribution in [0.5, 0.6) is 0 Å². The third-order valence-corrected chi connectivity index (χ3v) is 6.49. The van der Waals surface area contributed by atoms with Crippen molar-refractivity contribution in [1.29, 1.82) is 0 Å². The number of hydrogen-bond acceptors (Lipinski definition) is 6. The molecule has 2 aromatic rings. The van der Waals surface area contributed by atoms with Gasteiger partial charge in [0.05, 0.1) is 5.56 Å². The summed E-state index contributed by atoms with van der Waals surface area (Å²) < 4.78 is 44.2. The van der Waals surface area contributed by atoms with Gasteiger partial charge in [0.1, 0.15) is 6.10 Å². The molecule has 0 unspecified atom stereocenters. The monoisotopic (exact) mass is 477 g/mol. The van der Waals surface area contributed by atoms with Crippen molar-refractivity contribution >= 4 is 12.0 Å². The molecule has 7 nitrogen and oxygen atoms in total. The van der Waals surface area contributed by atoms with Gasteiger partial charge in [-0.2, -0.15) is 13.2 Å². The van der Waals surface area contributed by atoms with Gasteiger partial charge in [-0.05, 0) is 32.3 Å². The number of carbonyl (C=O) groups is 1. The normalized spacial score (nSPS) is 22.6. The highest BCUT2D eigenvalue weighted by Crippen LogP contribution is 2.29. The van der Waals surface area contributed by atoms with Crippen molar-refractivity contribution in [3.8, 4) is 0 Å². The summed E-state index contributed by atoms with van der Waals surface area (Å²) >= 11 is 0. The number of nitrogens with zero attached hydrogens (tertiary/aromatic N) is 5. The highest BCUT2D eigenvalue weighted by atomic mass is 19.4. The van der Waals surface area contributed by atoms with E-state index < -0.39 is 11.7 Å². The number of hydrogen-bond donors (Lipinski definition) is 0. The highest BCUT2D eigenvalue weighted by Gasteiger charge is 2.36. The fraction of sp³-hybridized carbons (Fsp3) is 0.542. The Morgan fingerprint density at radius 1 is 1.03 bits per heavy atom. The topological polar surface area (TPSA) is 61.8 Å². The second kappa shape index (κ2) is 10.2. The van der Waals surface area contributed by atoms with E-state index in [-0.39, 0.29) is 30.2 Å². The molecule has 0 radical (unpaired) electrons. The lowest BCUT2D eigenvalue weighted by molar-refractivity contribution is -0.138. The van der Waals surface area contributed by atoms with E-state index in [1.807, 2.05) is 36.9 Å². The minimum Gasteiger partial charge on any atom is -0.446 e. The van der Waals surface area contributed by atoms with Crippen molar-refractivity contribution < 1.29 is 22.7 Å². The maximum atomic E-state index is 12.9. The molecule has 2 atom stereocenters. The molecule has 4 rings (SSSR count). The molecule has 184 valence electrons. The maximum Gasteiger partial charge on any atom is 0.419 e. The lowest BCUT2D eigenvalue weighted by Gasteiger charge is -2.44. The first-order chi connectivity index (χ1) is 16.2. The van der Waals surface area contributed by atoms with E-state index in [9.17, 15) is 18.0 Å². The van der Waals surface area contributed by atoms with E-state index in [2.05, 4.69) is 27.0 Å². The zero-order chi connectivity index (χ0) is 24.3. The number of anilines is 1. The molecule has 0 aliphatic carbocycles. The first-order valence-corrected chi connectivity index (χ1v) is 11.6. The molecular formula is C24H30F3N5O2. The van der Waals surface area contributed by atoms with E-state index in [0.717, 1.165) is 44.9 Å². The summed E-state index contributed by atoms with van der Waals surface area (Å²) in [7, 11) is 0. The number of carbonyl (C=O) groups excluding carboxylic acids is 1. The van der Waals surface area contributed by atoms with Crippen molar-refractivity contribution in [2.75, 3.05) is 31.1 Å². The summed E-state index contributed by atoms with van der Waals surface area (Å²) in [5, 5.41) is 0. The molecule has 2 saturated heterocycles. The fourth-order valence-corrected chi connectivity index (χ4v) is 4.51. The quantitative estimate of drug-likeness (QED) is 0.658. The van der Waals surface area contributed by atoms with Gasteiger partial charge < -0.3 is 14.5 Å². The molecule has 0 bridgehead atoms. The summed E-state index contributed by atoms with van der Waals surface area (Å²) in [5.74, 6) is 0.228. The second-order valence-electron chi connectivity index (χ2n) is 9.12. The van der Waals surface area contributed by atoms with Gasteiger partial charge in [-0.25, -0.2) is 14.8 Å². The number of alkyl halides is 3. The van der Waals surface area contributed by atoms with Crippen LogP contribution in [-0.2, 0) is 17.5 Å². The van der Waals surface area contributed by atoms with Crippen molar-refractivity contribution in [2.24, 2.45) is 0 Å². The average molecular weight is 478 g/mol. The van der Waals surface area contributed by atoms with Crippen LogP contribution in [0, 0.1) is 0 Å². The number of rotatable bonds is 4. The minimum atomic E-state index is -4.47. The smallest absolute Gasteiger partial charge is 0.419 e. The molecule has 2 fully saturated rings. The van der Waals surface area contributed by atoms with Gasteiger partial charge >= 0.3 is 12.3 Å². The van der Waals surface area contributed by atoms with Gasteiger partial charge in [0.25, 0.3) is 0 Å². The Morgan fingerprint density at radius 2 is 1.68 bits per heavy atom. The van der Waals surface area contributed by atoms with Crippen molar-refractivity contribution in [1.82, 2.24) is 19.8 Å². The maximum absolute atomic E-state index is 12.9. The van der Waals surface area contributed by atoms with E-state index in [4.69, 9.17) is 4.74 Å². The Bertz CT molecular complexity index is 949. The third kappa shape index (κ3) is 5.78. The van der Waals surface area contributed by atoms with Gasteiger partial charge in [-0.1, -0.05) is 30.3 Å². The molecule has 0 saturated carbocycles. The largest absolute Gasteiger partial charge is 0.446 e. The number of ether oxygens (including phenoxy) is 1. The van der Waals surface area contributed by atoms with Gasteiger partial charge in [-0.15, -0.1) is 0 Å². The van der Waals surface area contributed by atoms with Crippen LogP contribution in [0.3, 0.4) is 0 Å². The molecule has 3 heterocycles. The van der Waals surface area contributed by atoms with Gasteiger partial charge in [0.2, 0.25) is 5.95 Å². The van der Waals surface area contributed by atoms with E-state index in [0.29, 0.717) is 13.1 Å². The zero-order valence-corrected chi connectivity index (χ0v) is 19.4. The van der Waals surface area contributed by atoms with Crippen molar-refractivity contribution in [3.63, 3.8) is 0 Å². The van der Waals surface area contributed by atoms with Crippen LogP contribution in [0.2, 0.25) is 0 Å². The van der Waals surface area contributed by atoms with Crippen LogP contribution < -0.4 is 4.90 Å². The molecular weight excluding hydrogens is 447 g/mol. The van der Waals surface area contributed by atoms with Gasteiger partial charge in [0.15, 0.2) is 0 Å². The van der Waals surface area contributed by atoms with Crippen LogP contribution >= 0.6 is 0 Å². The number of amides is 1. The number of halogens is 3. The molecule has 1 aromatic carbocycles. The Morgan fingerprint density at radius 3 is 2.29 bits per heavy atom. The summed E-state index contributed by atoms with van der Waals surface area (Å²) in [6, 6.07) is 9.97. The predicted octanol–water partition coefficient (Wildman–Crippen LogP) is 4.20. The number of aromatic nitrogens is 2. The highest BCUT2D eigenvalue weighted by molar-refractivity contribution is 5.69. The van der Waals surface area contributed by atoms with Crippen molar-refractivity contribution in [2.45, 2.75) is 57.6 Å². The molecule has 2 aliphatic heterocycles. The van der Waals surface area contributed by atoms with Crippen LogP contribution in [0.25, 0.3) is 0 Å². The average Bonchev–Trinajstić information content (AvgIpc) is 2.82. The van der Waals surface area contributed by atoms with Crippen LogP contribution in [-0.4, -0.2) is 70.2 Å². The summed E-state index contributed by atoms with van der Waals surface area (Å²) in [5.41, 5.74) is 0.393. The SMILES string of the molecule is C[C@@H]1CN(c2ncc(C(F)(F)F)cn2)[C@@H](C)CN1C(=O)OC1CCN(Cc2ccccc2)CC1. The third-order valence-electron chi connectivity index (χ3n) is 6.49. The van der Waals surface area contributed by atoms with Crippen LogP contribution in [0.15, 0.2) is 42.7 Å². The Kier molecular flexibility index (Phi) is 7.25. The van der Waals surface area contributed by atoms with E-state index >= 15 is 0 Å². The lowest BCUT2D eigenvalue weighted by atomic mass is 10.1. The van der Waals surface area contributed by atoms with E-state index in [1.165, 1.54) is 5.56 Å². The summed E-state index contributed by atoms with van der Waals surface area (Å²) in [4.78, 5) is 26.6. The fourth-order valence-electron chi connectivity index (χ4n) is 4.51. The van der Waals surface area contributed by atoms with Gasteiger partial charge in [0, 0.05) is 57.2 Å².